The standard InChI is InChI=1S/C21H20ClFN2O2/c22-17-7-8-18(23)19(14-17)24-21(27)16-10-12-25(13-11-16)20(26)9-6-15-4-2-1-3-5-15/h1-9,14,16H,10-13H2,(H,24,27). The lowest BCUT2D eigenvalue weighted by atomic mass is 9.95. The van der Waals surface area contributed by atoms with Crippen molar-refractivity contribution >= 4 is 35.2 Å². The number of amides is 2. The fraction of sp³-hybridized carbons (Fsp3) is 0.238. The van der Waals surface area contributed by atoms with Crippen molar-refractivity contribution in [2.75, 3.05) is 18.4 Å². The smallest absolute Gasteiger partial charge is 0.246 e. The minimum absolute atomic E-state index is 0.0707. The van der Waals surface area contributed by atoms with Gasteiger partial charge >= 0.3 is 0 Å². The second-order valence-corrected chi connectivity index (χ2v) is 6.89. The third kappa shape index (κ3) is 5.17. The van der Waals surface area contributed by atoms with Crippen molar-refractivity contribution in [3.8, 4) is 0 Å². The van der Waals surface area contributed by atoms with Crippen LogP contribution in [0.4, 0.5) is 10.1 Å². The lowest BCUT2D eigenvalue weighted by molar-refractivity contribution is -0.130. The first-order valence-electron chi connectivity index (χ1n) is 8.81. The molecule has 3 rings (SSSR count). The Balaban J connectivity index is 1.52. The van der Waals surface area contributed by atoms with E-state index in [2.05, 4.69) is 5.32 Å². The van der Waals surface area contributed by atoms with Crippen LogP contribution in [0.5, 0.6) is 0 Å². The highest BCUT2D eigenvalue weighted by Crippen LogP contribution is 2.23. The van der Waals surface area contributed by atoms with Gasteiger partial charge in [0.15, 0.2) is 0 Å². The lowest BCUT2D eigenvalue weighted by Crippen LogP contribution is -2.40. The molecule has 0 unspecified atom stereocenters. The Morgan fingerprint density at radius 3 is 2.52 bits per heavy atom. The third-order valence-electron chi connectivity index (χ3n) is 4.58. The molecule has 2 aromatic rings. The van der Waals surface area contributed by atoms with Crippen LogP contribution < -0.4 is 5.32 Å². The summed E-state index contributed by atoms with van der Waals surface area (Å²) in [5.74, 6) is -1.10. The molecule has 0 atom stereocenters. The van der Waals surface area contributed by atoms with E-state index in [4.69, 9.17) is 11.6 Å². The van der Waals surface area contributed by atoms with E-state index in [-0.39, 0.29) is 23.4 Å². The van der Waals surface area contributed by atoms with Gasteiger partial charge in [0.25, 0.3) is 0 Å². The Labute approximate surface area is 162 Å². The van der Waals surface area contributed by atoms with Crippen LogP contribution in [0.25, 0.3) is 6.08 Å². The SMILES string of the molecule is O=C(Nc1cc(Cl)ccc1F)C1CCN(C(=O)C=Cc2ccccc2)CC1. The van der Waals surface area contributed by atoms with E-state index in [0.29, 0.717) is 31.0 Å². The van der Waals surface area contributed by atoms with Crippen molar-refractivity contribution in [3.63, 3.8) is 0 Å². The van der Waals surface area contributed by atoms with Crippen molar-refractivity contribution in [2.45, 2.75) is 12.8 Å². The van der Waals surface area contributed by atoms with Gasteiger partial charge in [-0.1, -0.05) is 41.9 Å². The highest BCUT2D eigenvalue weighted by atomic mass is 35.5. The van der Waals surface area contributed by atoms with Crippen LogP contribution in [0.3, 0.4) is 0 Å². The Morgan fingerprint density at radius 1 is 1.11 bits per heavy atom. The molecule has 2 amide bonds. The topological polar surface area (TPSA) is 49.4 Å². The van der Waals surface area contributed by atoms with E-state index < -0.39 is 5.82 Å². The normalized spacial score (nSPS) is 15.1. The molecular formula is C21H20ClFN2O2. The first kappa shape index (κ1) is 19.1. The molecule has 27 heavy (non-hydrogen) atoms. The molecule has 2 aromatic carbocycles. The predicted octanol–water partition coefficient (Wildman–Crippen LogP) is 4.37. The zero-order chi connectivity index (χ0) is 19.2. The monoisotopic (exact) mass is 386 g/mol. The average molecular weight is 387 g/mol. The molecule has 1 heterocycles. The first-order valence-corrected chi connectivity index (χ1v) is 9.18. The summed E-state index contributed by atoms with van der Waals surface area (Å²) >= 11 is 5.85. The number of halogens is 2. The summed E-state index contributed by atoms with van der Waals surface area (Å²) < 4.78 is 13.8. The van der Waals surface area contributed by atoms with Crippen LogP contribution in [0.2, 0.25) is 5.02 Å². The van der Waals surface area contributed by atoms with Crippen molar-refractivity contribution < 1.29 is 14.0 Å². The maximum atomic E-state index is 13.8. The number of hydrogen-bond acceptors (Lipinski definition) is 2. The molecule has 0 aliphatic carbocycles. The Morgan fingerprint density at radius 2 is 1.81 bits per heavy atom. The fourth-order valence-electron chi connectivity index (χ4n) is 3.03. The number of nitrogens with one attached hydrogen (secondary N) is 1. The molecular weight excluding hydrogens is 367 g/mol. The van der Waals surface area contributed by atoms with Crippen LogP contribution >= 0.6 is 11.6 Å². The molecule has 1 fully saturated rings. The highest BCUT2D eigenvalue weighted by molar-refractivity contribution is 6.30. The predicted molar refractivity (Wildman–Crippen MR) is 105 cm³/mol. The average Bonchev–Trinajstić information content (AvgIpc) is 2.70. The van der Waals surface area contributed by atoms with Gasteiger partial charge in [0, 0.05) is 30.1 Å². The fourth-order valence-corrected chi connectivity index (χ4v) is 3.20. The molecule has 1 saturated heterocycles. The van der Waals surface area contributed by atoms with Crippen LogP contribution in [0.1, 0.15) is 18.4 Å². The summed E-state index contributed by atoms with van der Waals surface area (Å²) in [5, 5.41) is 2.95. The van der Waals surface area contributed by atoms with Gasteiger partial charge in [-0.25, -0.2) is 4.39 Å². The van der Waals surface area contributed by atoms with Crippen LogP contribution in [0, 0.1) is 11.7 Å². The molecule has 0 saturated carbocycles. The van der Waals surface area contributed by atoms with Gasteiger partial charge in [-0.05, 0) is 42.7 Å². The van der Waals surface area contributed by atoms with E-state index in [1.165, 1.54) is 18.2 Å². The summed E-state index contributed by atoms with van der Waals surface area (Å²) in [6.45, 7) is 0.988. The highest BCUT2D eigenvalue weighted by Gasteiger charge is 2.27. The molecule has 0 spiro atoms. The first-order chi connectivity index (χ1) is 13.0. The quantitative estimate of drug-likeness (QED) is 0.793. The number of piperidine rings is 1. The third-order valence-corrected chi connectivity index (χ3v) is 4.82. The largest absolute Gasteiger partial charge is 0.339 e. The number of carbonyl (C=O) groups is 2. The molecule has 1 aliphatic rings. The number of benzene rings is 2. The summed E-state index contributed by atoms with van der Waals surface area (Å²) in [6, 6.07) is 13.6. The zero-order valence-electron chi connectivity index (χ0n) is 14.7. The summed E-state index contributed by atoms with van der Waals surface area (Å²) in [4.78, 5) is 26.4. The molecule has 1 N–H and O–H groups in total. The maximum Gasteiger partial charge on any atom is 0.246 e. The van der Waals surface area contributed by atoms with Crippen molar-refractivity contribution in [2.24, 2.45) is 5.92 Å². The number of carbonyl (C=O) groups excluding carboxylic acids is 2. The molecule has 140 valence electrons. The van der Waals surface area contributed by atoms with Gasteiger partial charge in [0.2, 0.25) is 11.8 Å². The lowest BCUT2D eigenvalue weighted by Gasteiger charge is -2.30. The van der Waals surface area contributed by atoms with E-state index >= 15 is 0 Å². The molecule has 6 heteroatoms. The Bertz CT molecular complexity index is 847. The van der Waals surface area contributed by atoms with Gasteiger partial charge in [-0.2, -0.15) is 0 Å². The van der Waals surface area contributed by atoms with E-state index in [0.717, 1.165) is 5.56 Å². The van der Waals surface area contributed by atoms with E-state index in [9.17, 15) is 14.0 Å². The van der Waals surface area contributed by atoms with Gasteiger partial charge in [0.05, 0.1) is 5.69 Å². The molecule has 0 aromatic heterocycles. The molecule has 1 aliphatic heterocycles. The van der Waals surface area contributed by atoms with Crippen molar-refractivity contribution in [1.82, 2.24) is 4.90 Å². The van der Waals surface area contributed by atoms with Gasteiger partial charge in [-0.15, -0.1) is 0 Å². The number of anilines is 1. The minimum atomic E-state index is -0.522. The number of rotatable bonds is 4. The van der Waals surface area contributed by atoms with E-state index in [1.807, 2.05) is 30.3 Å². The van der Waals surface area contributed by atoms with Crippen molar-refractivity contribution in [1.29, 1.82) is 0 Å². The van der Waals surface area contributed by atoms with Gasteiger partial charge in [-0.3, -0.25) is 9.59 Å². The molecule has 0 radical (unpaired) electrons. The summed E-state index contributed by atoms with van der Waals surface area (Å²) in [5.41, 5.74) is 1.04. The molecule has 4 nitrogen and oxygen atoms in total. The van der Waals surface area contributed by atoms with E-state index in [1.54, 1.807) is 17.1 Å². The molecule has 0 bridgehead atoms. The van der Waals surface area contributed by atoms with Crippen LogP contribution in [-0.2, 0) is 9.59 Å². The Kier molecular flexibility index (Phi) is 6.24. The van der Waals surface area contributed by atoms with Crippen LogP contribution in [-0.4, -0.2) is 29.8 Å². The summed E-state index contributed by atoms with van der Waals surface area (Å²) in [6.07, 6.45) is 4.41. The van der Waals surface area contributed by atoms with Gasteiger partial charge < -0.3 is 10.2 Å². The number of likely N-dealkylation sites (tertiary alicyclic amines) is 1. The zero-order valence-corrected chi connectivity index (χ0v) is 15.5. The van der Waals surface area contributed by atoms with Gasteiger partial charge in [0.1, 0.15) is 5.82 Å². The second kappa shape index (κ2) is 8.82. The van der Waals surface area contributed by atoms with Crippen LogP contribution in [0.15, 0.2) is 54.6 Å². The van der Waals surface area contributed by atoms with Crippen molar-refractivity contribution in [3.05, 3.63) is 71.0 Å². The minimum Gasteiger partial charge on any atom is -0.339 e. The maximum absolute atomic E-state index is 13.8. The second-order valence-electron chi connectivity index (χ2n) is 6.46. The number of hydrogen-bond donors (Lipinski definition) is 1. The number of nitrogens with zero attached hydrogens (tertiary/aromatic N) is 1. The summed E-state index contributed by atoms with van der Waals surface area (Å²) in [7, 11) is 0. The Hall–Kier alpha value is -2.66.